The minimum atomic E-state index is 0.680. The van der Waals surface area contributed by atoms with Crippen LogP contribution in [0.1, 0.15) is 6.42 Å². The Kier molecular flexibility index (Phi) is 1.52. The Hall–Kier alpha value is -1.09. The van der Waals surface area contributed by atoms with Crippen LogP contribution in [-0.4, -0.2) is 30.2 Å². The Morgan fingerprint density at radius 1 is 1.46 bits per heavy atom. The highest BCUT2D eigenvalue weighted by atomic mass is 15.3. The topological polar surface area (TPSA) is 28.2 Å². The van der Waals surface area contributed by atoms with Gasteiger partial charge in [-0.05, 0) is 18.6 Å². The van der Waals surface area contributed by atoms with Crippen molar-refractivity contribution in [3.05, 3.63) is 24.4 Å². The molecule has 0 amide bonds. The average Bonchev–Trinajstić information content (AvgIpc) is 2.80. The number of rotatable bonds is 1. The van der Waals surface area contributed by atoms with E-state index in [-0.39, 0.29) is 0 Å². The number of pyridine rings is 1. The molecule has 1 aromatic rings. The van der Waals surface area contributed by atoms with E-state index in [1.165, 1.54) is 6.42 Å². The van der Waals surface area contributed by atoms with Gasteiger partial charge < -0.3 is 10.2 Å². The quantitative estimate of drug-likeness (QED) is 0.678. The lowest BCUT2D eigenvalue weighted by Crippen LogP contribution is -2.43. The molecule has 2 aliphatic rings. The van der Waals surface area contributed by atoms with Gasteiger partial charge in [0, 0.05) is 31.4 Å². The van der Waals surface area contributed by atoms with Gasteiger partial charge in [-0.3, -0.25) is 0 Å². The van der Waals surface area contributed by atoms with E-state index in [0.29, 0.717) is 12.1 Å². The molecule has 3 rings (SSSR count). The smallest absolute Gasteiger partial charge is 0.128 e. The molecule has 2 saturated heterocycles. The number of aromatic nitrogens is 1. The Labute approximate surface area is 77.8 Å². The van der Waals surface area contributed by atoms with Gasteiger partial charge in [-0.25, -0.2) is 4.98 Å². The maximum absolute atomic E-state index is 4.38. The fraction of sp³-hybridized carbons (Fsp3) is 0.500. The normalized spacial score (nSPS) is 31.2. The number of anilines is 1. The van der Waals surface area contributed by atoms with Crippen LogP contribution >= 0.6 is 0 Å². The summed E-state index contributed by atoms with van der Waals surface area (Å²) in [5, 5.41) is 3.49. The molecule has 0 radical (unpaired) electrons. The third kappa shape index (κ3) is 1.11. The summed E-state index contributed by atoms with van der Waals surface area (Å²) >= 11 is 0. The summed E-state index contributed by atoms with van der Waals surface area (Å²) < 4.78 is 0. The standard InChI is InChI=1S/C10H13N3/c1-2-4-11-10(3-1)13-7-8-5-9(13)6-12-8/h1-4,8-9,12H,5-7H2/t8?,9-/m0/s1. The average molecular weight is 175 g/mol. The van der Waals surface area contributed by atoms with Crippen molar-refractivity contribution in [2.24, 2.45) is 0 Å². The first-order chi connectivity index (χ1) is 6.43. The summed E-state index contributed by atoms with van der Waals surface area (Å²) in [7, 11) is 0. The lowest BCUT2D eigenvalue weighted by atomic mass is 10.2. The second-order valence-corrected chi connectivity index (χ2v) is 3.83. The van der Waals surface area contributed by atoms with E-state index >= 15 is 0 Å². The van der Waals surface area contributed by atoms with E-state index in [4.69, 9.17) is 0 Å². The van der Waals surface area contributed by atoms with E-state index in [0.717, 1.165) is 18.9 Å². The second-order valence-electron chi connectivity index (χ2n) is 3.83. The summed E-state index contributed by atoms with van der Waals surface area (Å²) in [5.41, 5.74) is 0. The fourth-order valence-corrected chi connectivity index (χ4v) is 2.37. The van der Waals surface area contributed by atoms with Gasteiger partial charge in [0.2, 0.25) is 0 Å². The molecule has 0 aliphatic carbocycles. The monoisotopic (exact) mass is 175 g/mol. The van der Waals surface area contributed by atoms with Crippen molar-refractivity contribution in [2.75, 3.05) is 18.0 Å². The maximum Gasteiger partial charge on any atom is 0.128 e. The van der Waals surface area contributed by atoms with Gasteiger partial charge in [0.25, 0.3) is 0 Å². The van der Waals surface area contributed by atoms with Crippen molar-refractivity contribution in [1.29, 1.82) is 0 Å². The van der Waals surface area contributed by atoms with Gasteiger partial charge in [0.1, 0.15) is 5.82 Å². The summed E-state index contributed by atoms with van der Waals surface area (Å²) in [5.74, 6) is 1.14. The van der Waals surface area contributed by atoms with Crippen LogP contribution in [0.25, 0.3) is 0 Å². The van der Waals surface area contributed by atoms with Gasteiger partial charge in [-0.1, -0.05) is 6.07 Å². The Morgan fingerprint density at radius 3 is 3.08 bits per heavy atom. The predicted octanol–water partition coefficient (Wildman–Crippen LogP) is 0.632. The first-order valence-corrected chi connectivity index (χ1v) is 4.84. The molecule has 2 bridgehead atoms. The molecule has 1 unspecified atom stereocenters. The molecular formula is C10H13N3. The molecule has 1 N–H and O–H groups in total. The van der Waals surface area contributed by atoms with E-state index in [1.54, 1.807) is 0 Å². The molecule has 3 heteroatoms. The molecule has 0 spiro atoms. The lowest BCUT2D eigenvalue weighted by molar-refractivity contribution is 0.576. The van der Waals surface area contributed by atoms with Crippen molar-refractivity contribution in [3.63, 3.8) is 0 Å². The summed E-state index contributed by atoms with van der Waals surface area (Å²) in [4.78, 5) is 6.80. The highest BCUT2D eigenvalue weighted by Crippen LogP contribution is 2.27. The molecule has 13 heavy (non-hydrogen) atoms. The zero-order chi connectivity index (χ0) is 8.67. The molecule has 3 nitrogen and oxygen atoms in total. The van der Waals surface area contributed by atoms with Crippen molar-refractivity contribution in [2.45, 2.75) is 18.5 Å². The molecule has 2 fully saturated rings. The molecular weight excluding hydrogens is 162 g/mol. The van der Waals surface area contributed by atoms with Crippen molar-refractivity contribution < 1.29 is 0 Å². The highest BCUT2D eigenvalue weighted by Gasteiger charge is 2.37. The first-order valence-electron chi connectivity index (χ1n) is 4.84. The molecule has 0 aromatic carbocycles. The molecule has 2 atom stereocenters. The Balaban J connectivity index is 1.87. The number of nitrogens with one attached hydrogen (secondary N) is 1. The van der Waals surface area contributed by atoms with E-state index in [1.807, 2.05) is 12.3 Å². The van der Waals surface area contributed by atoms with Crippen LogP contribution in [0.2, 0.25) is 0 Å². The Bertz CT molecular complexity index is 298. The molecule has 3 heterocycles. The van der Waals surface area contributed by atoms with E-state index in [2.05, 4.69) is 27.3 Å². The van der Waals surface area contributed by atoms with Crippen LogP contribution < -0.4 is 10.2 Å². The predicted molar refractivity (Wildman–Crippen MR) is 51.8 cm³/mol. The number of hydrogen-bond acceptors (Lipinski definition) is 3. The summed E-state index contributed by atoms with van der Waals surface area (Å²) in [6.07, 6.45) is 3.16. The minimum Gasteiger partial charge on any atom is -0.351 e. The SMILES string of the molecule is c1ccc(N2CC3C[C@H]2CN3)nc1. The minimum absolute atomic E-state index is 0.680. The zero-order valence-corrected chi connectivity index (χ0v) is 7.48. The van der Waals surface area contributed by atoms with E-state index in [9.17, 15) is 0 Å². The molecule has 2 aliphatic heterocycles. The van der Waals surface area contributed by atoms with Gasteiger partial charge in [-0.15, -0.1) is 0 Å². The van der Waals surface area contributed by atoms with E-state index < -0.39 is 0 Å². The third-order valence-corrected chi connectivity index (χ3v) is 3.00. The lowest BCUT2D eigenvalue weighted by Gasteiger charge is -2.28. The summed E-state index contributed by atoms with van der Waals surface area (Å²) in [6, 6.07) is 7.50. The van der Waals surface area contributed by atoms with Crippen molar-refractivity contribution in [1.82, 2.24) is 10.3 Å². The molecule has 1 aromatic heterocycles. The largest absolute Gasteiger partial charge is 0.351 e. The van der Waals surface area contributed by atoms with Gasteiger partial charge in [0.15, 0.2) is 0 Å². The van der Waals surface area contributed by atoms with Crippen LogP contribution in [0.5, 0.6) is 0 Å². The molecule has 0 saturated carbocycles. The second kappa shape index (κ2) is 2.70. The van der Waals surface area contributed by atoms with Gasteiger partial charge in [0.05, 0.1) is 0 Å². The van der Waals surface area contributed by atoms with Gasteiger partial charge in [-0.2, -0.15) is 0 Å². The van der Waals surface area contributed by atoms with Crippen LogP contribution in [0, 0.1) is 0 Å². The highest BCUT2D eigenvalue weighted by molar-refractivity contribution is 5.42. The molecule has 68 valence electrons. The summed E-state index contributed by atoms with van der Waals surface area (Å²) in [6.45, 7) is 2.25. The number of hydrogen-bond donors (Lipinski definition) is 1. The van der Waals surface area contributed by atoms with Crippen LogP contribution in [-0.2, 0) is 0 Å². The number of nitrogens with zero attached hydrogens (tertiary/aromatic N) is 2. The van der Waals surface area contributed by atoms with Crippen LogP contribution in [0.4, 0.5) is 5.82 Å². The van der Waals surface area contributed by atoms with Crippen molar-refractivity contribution >= 4 is 5.82 Å². The first kappa shape index (κ1) is 7.33. The van der Waals surface area contributed by atoms with Gasteiger partial charge >= 0.3 is 0 Å². The van der Waals surface area contributed by atoms with Crippen LogP contribution in [0.3, 0.4) is 0 Å². The van der Waals surface area contributed by atoms with Crippen LogP contribution in [0.15, 0.2) is 24.4 Å². The number of piperazine rings is 1. The third-order valence-electron chi connectivity index (χ3n) is 3.00. The number of fused-ring (bicyclic) bond motifs is 2. The zero-order valence-electron chi connectivity index (χ0n) is 7.48. The van der Waals surface area contributed by atoms with Crippen molar-refractivity contribution in [3.8, 4) is 0 Å². The maximum atomic E-state index is 4.38. The Morgan fingerprint density at radius 2 is 2.46 bits per heavy atom. The fourth-order valence-electron chi connectivity index (χ4n) is 2.37.